The van der Waals surface area contributed by atoms with Crippen molar-refractivity contribution in [3.05, 3.63) is 35.4 Å². The van der Waals surface area contributed by atoms with E-state index in [1.165, 1.54) is 19.2 Å². The van der Waals surface area contributed by atoms with E-state index in [0.29, 0.717) is 0 Å². The molecule has 0 saturated heterocycles. The Morgan fingerprint density at radius 3 is 2.52 bits per heavy atom. The van der Waals surface area contributed by atoms with Crippen LogP contribution in [0.1, 0.15) is 43.2 Å². The quantitative estimate of drug-likeness (QED) is 0.813. The van der Waals surface area contributed by atoms with Gasteiger partial charge in [0.1, 0.15) is 0 Å². The Bertz CT molecular complexity index is 568. The molecule has 2 N–H and O–H groups in total. The minimum Gasteiger partial charge on any atom is -0.380 e. The third-order valence-corrected chi connectivity index (χ3v) is 4.75. The van der Waals surface area contributed by atoms with Gasteiger partial charge in [-0.15, -0.1) is 0 Å². The van der Waals surface area contributed by atoms with E-state index in [0.717, 1.165) is 31.7 Å². The zero-order valence-electron chi connectivity index (χ0n) is 14.4. The first-order valence-electron chi connectivity index (χ1n) is 8.54. The second-order valence-electron chi connectivity index (χ2n) is 6.41. The summed E-state index contributed by atoms with van der Waals surface area (Å²) in [5.74, 6) is -0.207. The smallest absolute Gasteiger partial charge is 0.380 e. The molecule has 0 bridgehead atoms. The van der Waals surface area contributed by atoms with Crippen LogP contribution in [0.5, 0.6) is 0 Å². The van der Waals surface area contributed by atoms with Gasteiger partial charge in [0, 0.05) is 26.2 Å². The first kappa shape index (κ1) is 19.7. The van der Waals surface area contributed by atoms with E-state index < -0.39 is 17.8 Å². The molecule has 1 fully saturated rings. The summed E-state index contributed by atoms with van der Waals surface area (Å²) in [5.41, 5.74) is 5.01. The molecular formula is C18H25F3N2O2. The molecule has 140 valence electrons. The average Bonchev–Trinajstić information content (AvgIpc) is 3.11. The number of alkyl halides is 3. The van der Waals surface area contributed by atoms with Gasteiger partial charge in [-0.05, 0) is 24.5 Å². The maximum absolute atomic E-state index is 13.3. The SMILES string of the molecule is COC(CN)CC(=O)N(Cc1ccccc1C(F)(F)F)C1CCCC1. The van der Waals surface area contributed by atoms with Crippen LogP contribution in [0, 0.1) is 0 Å². The monoisotopic (exact) mass is 358 g/mol. The van der Waals surface area contributed by atoms with Crippen LogP contribution in [0.3, 0.4) is 0 Å². The Morgan fingerprint density at radius 1 is 1.32 bits per heavy atom. The number of hydrogen-bond acceptors (Lipinski definition) is 3. The minimum atomic E-state index is -4.44. The van der Waals surface area contributed by atoms with E-state index in [2.05, 4.69) is 0 Å². The molecule has 1 aliphatic rings. The predicted molar refractivity (Wildman–Crippen MR) is 88.7 cm³/mol. The van der Waals surface area contributed by atoms with E-state index in [4.69, 9.17) is 10.5 Å². The summed E-state index contributed by atoms with van der Waals surface area (Å²) in [4.78, 5) is 14.3. The van der Waals surface area contributed by atoms with Gasteiger partial charge < -0.3 is 15.4 Å². The van der Waals surface area contributed by atoms with Crippen molar-refractivity contribution in [1.29, 1.82) is 0 Å². The molecule has 0 spiro atoms. The second kappa shape index (κ2) is 8.67. The molecule has 4 nitrogen and oxygen atoms in total. The average molecular weight is 358 g/mol. The molecule has 1 amide bonds. The van der Waals surface area contributed by atoms with E-state index in [1.54, 1.807) is 11.0 Å². The third kappa shape index (κ3) is 5.19. The van der Waals surface area contributed by atoms with Crippen LogP contribution in [0.15, 0.2) is 24.3 Å². The molecule has 0 aliphatic heterocycles. The summed E-state index contributed by atoms with van der Waals surface area (Å²) < 4.78 is 44.9. The van der Waals surface area contributed by atoms with Crippen LogP contribution >= 0.6 is 0 Å². The number of rotatable bonds is 7. The van der Waals surface area contributed by atoms with Gasteiger partial charge in [0.05, 0.1) is 18.1 Å². The molecule has 1 unspecified atom stereocenters. The number of amides is 1. The molecule has 0 heterocycles. The summed E-state index contributed by atoms with van der Waals surface area (Å²) in [6.07, 6.45) is -1.17. The van der Waals surface area contributed by atoms with E-state index in [9.17, 15) is 18.0 Å². The van der Waals surface area contributed by atoms with Gasteiger partial charge in [-0.25, -0.2) is 0 Å². The van der Waals surface area contributed by atoms with E-state index in [-0.39, 0.29) is 37.0 Å². The lowest BCUT2D eigenvalue weighted by atomic mass is 10.0. The topological polar surface area (TPSA) is 55.6 Å². The molecule has 1 aromatic rings. The number of nitrogens with zero attached hydrogens (tertiary/aromatic N) is 1. The van der Waals surface area contributed by atoms with Crippen molar-refractivity contribution in [3.63, 3.8) is 0 Å². The van der Waals surface area contributed by atoms with Crippen molar-refractivity contribution in [2.24, 2.45) is 5.73 Å². The van der Waals surface area contributed by atoms with Crippen molar-refractivity contribution in [2.75, 3.05) is 13.7 Å². The number of benzene rings is 1. The molecule has 1 saturated carbocycles. The van der Waals surface area contributed by atoms with Gasteiger partial charge in [0.2, 0.25) is 5.91 Å². The van der Waals surface area contributed by atoms with Gasteiger partial charge in [-0.3, -0.25) is 4.79 Å². The maximum atomic E-state index is 13.3. The molecule has 1 atom stereocenters. The number of ether oxygens (including phenoxy) is 1. The normalized spacial score (nSPS) is 16.8. The highest BCUT2D eigenvalue weighted by Gasteiger charge is 2.35. The van der Waals surface area contributed by atoms with Crippen molar-refractivity contribution >= 4 is 5.91 Å². The summed E-state index contributed by atoms with van der Waals surface area (Å²) >= 11 is 0. The Balaban J connectivity index is 2.24. The van der Waals surface area contributed by atoms with Crippen molar-refractivity contribution in [3.8, 4) is 0 Å². The fourth-order valence-corrected chi connectivity index (χ4v) is 3.33. The van der Waals surface area contributed by atoms with Gasteiger partial charge in [0.15, 0.2) is 0 Å². The molecule has 0 radical (unpaired) electrons. The largest absolute Gasteiger partial charge is 0.416 e. The Hall–Kier alpha value is -1.60. The number of carbonyl (C=O) groups excluding carboxylic acids is 1. The molecular weight excluding hydrogens is 333 g/mol. The van der Waals surface area contributed by atoms with Crippen molar-refractivity contribution < 1.29 is 22.7 Å². The molecule has 2 rings (SSSR count). The fourth-order valence-electron chi connectivity index (χ4n) is 3.33. The lowest BCUT2D eigenvalue weighted by Crippen LogP contribution is -2.41. The Kier molecular flexibility index (Phi) is 6.84. The minimum absolute atomic E-state index is 0.0240. The molecule has 7 heteroatoms. The zero-order valence-corrected chi connectivity index (χ0v) is 14.4. The number of halogens is 3. The van der Waals surface area contributed by atoms with Crippen LogP contribution in [0.4, 0.5) is 13.2 Å². The summed E-state index contributed by atoms with van der Waals surface area (Å²) in [7, 11) is 1.48. The lowest BCUT2D eigenvalue weighted by molar-refractivity contribution is -0.141. The molecule has 25 heavy (non-hydrogen) atoms. The molecule has 0 aromatic heterocycles. The molecule has 1 aliphatic carbocycles. The number of hydrogen-bond donors (Lipinski definition) is 1. The fraction of sp³-hybridized carbons (Fsp3) is 0.611. The predicted octanol–water partition coefficient (Wildman–Crippen LogP) is 3.34. The lowest BCUT2D eigenvalue weighted by Gasteiger charge is -2.31. The highest BCUT2D eigenvalue weighted by Crippen LogP contribution is 2.34. The number of nitrogens with two attached hydrogens (primary N) is 1. The van der Waals surface area contributed by atoms with E-state index >= 15 is 0 Å². The Labute approximate surface area is 146 Å². The second-order valence-corrected chi connectivity index (χ2v) is 6.41. The first-order valence-corrected chi connectivity index (χ1v) is 8.54. The zero-order chi connectivity index (χ0) is 18.4. The van der Waals surface area contributed by atoms with Crippen LogP contribution < -0.4 is 5.73 Å². The highest BCUT2D eigenvalue weighted by atomic mass is 19.4. The van der Waals surface area contributed by atoms with Gasteiger partial charge in [-0.1, -0.05) is 31.0 Å². The van der Waals surface area contributed by atoms with Gasteiger partial charge in [0.25, 0.3) is 0 Å². The first-order chi connectivity index (χ1) is 11.9. The van der Waals surface area contributed by atoms with Crippen molar-refractivity contribution in [1.82, 2.24) is 4.90 Å². The van der Waals surface area contributed by atoms with Gasteiger partial charge in [-0.2, -0.15) is 13.2 Å². The molecule has 1 aromatic carbocycles. The summed E-state index contributed by atoms with van der Waals surface area (Å²) in [5, 5.41) is 0. The summed E-state index contributed by atoms with van der Waals surface area (Å²) in [6, 6.07) is 5.41. The van der Waals surface area contributed by atoms with Crippen LogP contribution in [0.2, 0.25) is 0 Å². The maximum Gasteiger partial charge on any atom is 0.416 e. The standard InChI is InChI=1S/C18H25F3N2O2/c1-25-15(11-22)10-17(24)23(14-7-3-4-8-14)12-13-6-2-5-9-16(13)18(19,20)21/h2,5-6,9,14-15H,3-4,7-8,10-12,22H2,1H3. The summed E-state index contributed by atoms with van der Waals surface area (Å²) in [6.45, 7) is 0.153. The van der Waals surface area contributed by atoms with Crippen molar-refractivity contribution in [2.45, 2.75) is 57.0 Å². The van der Waals surface area contributed by atoms with E-state index in [1.807, 2.05) is 0 Å². The third-order valence-electron chi connectivity index (χ3n) is 4.75. The van der Waals surface area contributed by atoms with Crippen LogP contribution in [-0.2, 0) is 22.3 Å². The van der Waals surface area contributed by atoms with Crippen LogP contribution in [0.25, 0.3) is 0 Å². The number of carbonyl (C=O) groups is 1. The Morgan fingerprint density at radius 2 is 1.96 bits per heavy atom. The van der Waals surface area contributed by atoms with Crippen LogP contribution in [-0.4, -0.2) is 36.6 Å². The highest BCUT2D eigenvalue weighted by molar-refractivity contribution is 5.77. The number of methoxy groups -OCH3 is 1. The van der Waals surface area contributed by atoms with Gasteiger partial charge >= 0.3 is 6.18 Å².